The van der Waals surface area contributed by atoms with E-state index >= 15 is 0 Å². The van der Waals surface area contributed by atoms with Gasteiger partial charge in [0, 0.05) is 6.21 Å². The first-order valence-electron chi connectivity index (χ1n) is 4.79. The molecule has 70 valence electrons. The average molecular weight is 169 g/mol. The average Bonchev–Trinajstić information content (AvgIpc) is 2.36. The van der Waals surface area contributed by atoms with Crippen molar-refractivity contribution in [1.29, 1.82) is 0 Å². The van der Waals surface area contributed by atoms with Crippen molar-refractivity contribution in [1.82, 2.24) is 0 Å². The molecule has 0 amide bonds. The van der Waals surface area contributed by atoms with E-state index in [0.29, 0.717) is 5.92 Å². The van der Waals surface area contributed by atoms with Crippen LogP contribution < -0.4 is 0 Å². The number of rotatable bonds is 2. The molecule has 2 heteroatoms. The largest absolute Gasteiger partial charge is 0.390 e. The fraction of sp³-hybridized carbons (Fsp3) is 0.900. The number of oxime groups is 1. The van der Waals surface area contributed by atoms with Gasteiger partial charge < -0.3 is 4.84 Å². The summed E-state index contributed by atoms with van der Waals surface area (Å²) in [5.74, 6) is 0.673. The van der Waals surface area contributed by atoms with E-state index in [1.807, 2.05) is 27.0 Å². The molecule has 0 aliphatic heterocycles. The maximum atomic E-state index is 5.26. The lowest BCUT2D eigenvalue weighted by Gasteiger charge is -2.15. The first kappa shape index (κ1) is 9.56. The monoisotopic (exact) mass is 169 g/mol. The van der Waals surface area contributed by atoms with E-state index in [1.54, 1.807) is 0 Å². The number of hydrogen-bond donors (Lipinski definition) is 0. The Morgan fingerprint density at radius 3 is 2.33 bits per heavy atom. The molecule has 0 unspecified atom stereocenters. The van der Waals surface area contributed by atoms with Crippen LogP contribution in [-0.2, 0) is 4.84 Å². The molecule has 1 rings (SSSR count). The molecule has 1 aliphatic rings. The summed E-state index contributed by atoms with van der Waals surface area (Å²) in [5, 5.41) is 4.00. The van der Waals surface area contributed by atoms with Crippen molar-refractivity contribution in [3.8, 4) is 0 Å². The molecule has 1 aliphatic carbocycles. The second kappa shape index (κ2) is 3.92. The predicted octanol–water partition coefficient (Wildman–Crippen LogP) is 2.98. The minimum absolute atomic E-state index is 0.144. The predicted molar refractivity (Wildman–Crippen MR) is 51.3 cm³/mol. The van der Waals surface area contributed by atoms with Crippen LogP contribution in [0.4, 0.5) is 0 Å². The minimum Gasteiger partial charge on any atom is -0.390 e. The van der Waals surface area contributed by atoms with E-state index < -0.39 is 0 Å². The van der Waals surface area contributed by atoms with E-state index in [0.717, 1.165) is 0 Å². The smallest absolute Gasteiger partial charge is 0.129 e. The number of nitrogens with zero attached hydrogens (tertiary/aromatic N) is 1. The summed E-state index contributed by atoms with van der Waals surface area (Å²) in [6, 6.07) is 0. The van der Waals surface area contributed by atoms with Crippen molar-refractivity contribution < 1.29 is 4.84 Å². The highest BCUT2D eigenvalue weighted by Gasteiger charge is 2.14. The Morgan fingerprint density at radius 2 is 1.83 bits per heavy atom. The van der Waals surface area contributed by atoms with Crippen molar-refractivity contribution in [3.63, 3.8) is 0 Å². The van der Waals surface area contributed by atoms with E-state index in [1.165, 1.54) is 25.7 Å². The SMILES string of the molecule is CC(C)(C)ON=CC1CCCC1. The molecule has 0 aromatic carbocycles. The van der Waals surface area contributed by atoms with Gasteiger partial charge in [0.05, 0.1) is 0 Å². The Labute approximate surface area is 75.0 Å². The van der Waals surface area contributed by atoms with Gasteiger partial charge in [-0.3, -0.25) is 0 Å². The summed E-state index contributed by atoms with van der Waals surface area (Å²) >= 11 is 0. The molecule has 0 aromatic heterocycles. The number of hydrogen-bond acceptors (Lipinski definition) is 2. The standard InChI is InChI=1S/C10H19NO/c1-10(2,3)12-11-8-9-6-4-5-7-9/h8-9H,4-7H2,1-3H3. The first-order valence-corrected chi connectivity index (χ1v) is 4.79. The van der Waals surface area contributed by atoms with Crippen LogP contribution in [-0.4, -0.2) is 11.8 Å². The molecule has 0 saturated heterocycles. The zero-order valence-electron chi connectivity index (χ0n) is 8.34. The third-order valence-corrected chi connectivity index (χ3v) is 2.00. The molecular formula is C10H19NO. The van der Waals surface area contributed by atoms with Gasteiger partial charge in [-0.15, -0.1) is 0 Å². The second-order valence-electron chi connectivity index (χ2n) is 4.50. The molecule has 0 N–H and O–H groups in total. The lowest BCUT2D eigenvalue weighted by Crippen LogP contribution is -2.15. The molecule has 0 radical (unpaired) electrons. The molecule has 0 atom stereocenters. The van der Waals surface area contributed by atoms with Crippen molar-refractivity contribution in [2.45, 2.75) is 52.1 Å². The Morgan fingerprint density at radius 1 is 1.25 bits per heavy atom. The Bertz CT molecular complexity index is 152. The lowest BCUT2D eigenvalue weighted by atomic mass is 10.1. The summed E-state index contributed by atoms with van der Waals surface area (Å²) in [4.78, 5) is 5.26. The molecular weight excluding hydrogens is 150 g/mol. The van der Waals surface area contributed by atoms with E-state index in [4.69, 9.17) is 4.84 Å². The Balaban J connectivity index is 2.21. The lowest BCUT2D eigenvalue weighted by molar-refractivity contribution is 0.00117. The van der Waals surface area contributed by atoms with Gasteiger partial charge in [-0.2, -0.15) is 0 Å². The van der Waals surface area contributed by atoms with E-state index in [-0.39, 0.29) is 5.60 Å². The summed E-state index contributed by atoms with van der Waals surface area (Å²) in [7, 11) is 0. The Kier molecular flexibility index (Phi) is 3.12. The molecule has 0 spiro atoms. The summed E-state index contributed by atoms with van der Waals surface area (Å²) in [5.41, 5.74) is -0.144. The zero-order chi connectivity index (χ0) is 9.03. The van der Waals surface area contributed by atoms with Gasteiger partial charge in [0.15, 0.2) is 0 Å². The quantitative estimate of drug-likeness (QED) is 0.460. The van der Waals surface area contributed by atoms with Crippen LogP contribution in [0.5, 0.6) is 0 Å². The van der Waals surface area contributed by atoms with Gasteiger partial charge in [-0.05, 0) is 39.5 Å². The van der Waals surface area contributed by atoms with Crippen LogP contribution >= 0.6 is 0 Å². The zero-order valence-corrected chi connectivity index (χ0v) is 8.34. The van der Waals surface area contributed by atoms with Crippen LogP contribution in [0, 0.1) is 5.92 Å². The fourth-order valence-corrected chi connectivity index (χ4v) is 1.38. The van der Waals surface area contributed by atoms with Crippen molar-refractivity contribution in [2.24, 2.45) is 11.1 Å². The van der Waals surface area contributed by atoms with Crippen molar-refractivity contribution in [3.05, 3.63) is 0 Å². The summed E-state index contributed by atoms with van der Waals surface area (Å²) < 4.78 is 0. The van der Waals surface area contributed by atoms with Crippen LogP contribution in [0.1, 0.15) is 46.5 Å². The van der Waals surface area contributed by atoms with E-state index in [9.17, 15) is 0 Å². The van der Waals surface area contributed by atoms with Gasteiger partial charge >= 0.3 is 0 Å². The molecule has 2 nitrogen and oxygen atoms in total. The second-order valence-corrected chi connectivity index (χ2v) is 4.50. The van der Waals surface area contributed by atoms with Crippen molar-refractivity contribution in [2.75, 3.05) is 0 Å². The van der Waals surface area contributed by atoms with Gasteiger partial charge in [0.25, 0.3) is 0 Å². The van der Waals surface area contributed by atoms with Crippen LogP contribution in [0.15, 0.2) is 5.16 Å². The molecule has 1 saturated carbocycles. The first-order chi connectivity index (χ1) is 5.58. The Hall–Kier alpha value is -0.530. The summed E-state index contributed by atoms with van der Waals surface area (Å²) in [6.07, 6.45) is 7.25. The topological polar surface area (TPSA) is 21.6 Å². The highest BCUT2D eigenvalue weighted by Crippen LogP contribution is 2.23. The molecule has 0 bridgehead atoms. The maximum absolute atomic E-state index is 5.26. The normalized spacial score (nSPS) is 20.6. The third-order valence-electron chi connectivity index (χ3n) is 2.00. The van der Waals surface area contributed by atoms with Gasteiger partial charge in [0.2, 0.25) is 0 Å². The van der Waals surface area contributed by atoms with Gasteiger partial charge in [-0.1, -0.05) is 18.0 Å². The maximum Gasteiger partial charge on any atom is 0.129 e. The van der Waals surface area contributed by atoms with Crippen LogP contribution in [0.25, 0.3) is 0 Å². The van der Waals surface area contributed by atoms with Crippen LogP contribution in [0.2, 0.25) is 0 Å². The van der Waals surface area contributed by atoms with Crippen LogP contribution in [0.3, 0.4) is 0 Å². The highest BCUT2D eigenvalue weighted by molar-refractivity contribution is 5.60. The van der Waals surface area contributed by atoms with Crippen molar-refractivity contribution >= 4 is 6.21 Å². The minimum atomic E-state index is -0.144. The third kappa shape index (κ3) is 3.74. The van der Waals surface area contributed by atoms with Gasteiger partial charge in [-0.25, -0.2) is 0 Å². The molecule has 12 heavy (non-hydrogen) atoms. The molecule has 0 aromatic rings. The van der Waals surface area contributed by atoms with Gasteiger partial charge in [0.1, 0.15) is 5.60 Å². The van der Waals surface area contributed by atoms with E-state index in [2.05, 4.69) is 5.16 Å². The fourth-order valence-electron chi connectivity index (χ4n) is 1.38. The highest BCUT2D eigenvalue weighted by atomic mass is 16.6. The molecule has 0 heterocycles. The summed E-state index contributed by atoms with van der Waals surface area (Å²) in [6.45, 7) is 6.04. The molecule has 1 fully saturated rings.